The van der Waals surface area contributed by atoms with Crippen LogP contribution in [0.3, 0.4) is 0 Å². The van der Waals surface area contributed by atoms with Crippen molar-refractivity contribution in [3.05, 3.63) is 65.7 Å². The summed E-state index contributed by atoms with van der Waals surface area (Å²) in [7, 11) is 2.73. The second-order valence-corrected chi connectivity index (χ2v) is 7.25. The summed E-state index contributed by atoms with van der Waals surface area (Å²) in [5, 5.41) is 11.4. The number of nitrogens with zero attached hydrogens (tertiary/aromatic N) is 1. The van der Waals surface area contributed by atoms with Crippen LogP contribution in [-0.2, 0) is 24.7 Å². The van der Waals surface area contributed by atoms with Crippen LogP contribution in [0.25, 0.3) is 0 Å². The minimum Gasteiger partial charge on any atom is -0.508 e. The monoisotopic (exact) mass is 381 g/mol. The van der Waals surface area contributed by atoms with Crippen LogP contribution in [-0.4, -0.2) is 41.9 Å². The number of likely N-dealkylation sites (tertiary alicyclic amines) is 1. The largest absolute Gasteiger partial charge is 0.508 e. The zero-order valence-electron chi connectivity index (χ0n) is 15.5. The standard InChI is InChI=1S/C21H20N2O5/c1-23-18(25)15-16(19(23)26)21(20(27)28-2,13-6-4-3-5-7-13)22-17(15)12-8-10-14(24)11-9-12/h3-11,15-17,22,24H,1-2H3/p+1/t15-,16+,17-,21+/m0/s1. The van der Waals surface area contributed by atoms with Gasteiger partial charge in [-0.2, -0.15) is 0 Å². The maximum atomic E-state index is 13.1. The van der Waals surface area contributed by atoms with Crippen LogP contribution in [0, 0.1) is 11.8 Å². The van der Waals surface area contributed by atoms with E-state index in [1.165, 1.54) is 26.3 Å². The summed E-state index contributed by atoms with van der Waals surface area (Å²) >= 11 is 0. The van der Waals surface area contributed by atoms with Gasteiger partial charge in [0.05, 0.1) is 7.11 Å². The quantitative estimate of drug-likeness (QED) is 0.589. The molecular formula is C21H21N2O5+. The predicted octanol–water partition coefficient (Wildman–Crippen LogP) is 0.310. The Morgan fingerprint density at radius 3 is 2.32 bits per heavy atom. The number of amides is 2. The molecule has 28 heavy (non-hydrogen) atoms. The number of fused-ring (bicyclic) bond motifs is 1. The van der Waals surface area contributed by atoms with E-state index in [9.17, 15) is 19.5 Å². The van der Waals surface area contributed by atoms with Gasteiger partial charge in [0, 0.05) is 18.2 Å². The Morgan fingerprint density at radius 2 is 1.71 bits per heavy atom. The number of phenols is 1. The van der Waals surface area contributed by atoms with Gasteiger partial charge in [-0.15, -0.1) is 0 Å². The maximum Gasteiger partial charge on any atom is 0.373 e. The molecule has 0 radical (unpaired) electrons. The number of benzene rings is 2. The number of methoxy groups -OCH3 is 1. The number of aromatic hydroxyl groups is 1. The average Bonchev–Trinajstić information content (AvgIpc) is 3.19. The van der Waals surface area contributed by atoms with E-state index in [4.69, 9.17) is 4.74 Å². The van der Waals surface area contributed by atoms with Crippen LogP contribution >= 0.6 is 0 Å². The molecule has 4 rings (SSSR count). The van der Waals surface area contributed by atoms with Gasteiger partial charge in [0.2, 0.25) is 17.4 Å². The van der Waals surface area contributed by atoms with Crippen molar-refractivity contribution in [2.24, 2.45) is 11.8 Å². The summed E-state index contributed by atoms with van der Waals surface area (Å²) in [5.41, 5.74) is 0.0151. The van der Waals surface area contributed by atoms with Crippen LogP contribution in [0.4, 0.5) is 0 Å². The number of ether oxygens (including phenoxy) is 1. The number of phenolic OH excluding ortho intramolecular Hbond substituents is 1. The molecule has 2 aliphatic heterocycles. The molecule has 0 saturated carbocycles. The van der Waals surface area contributed by atoms with Crippen molar-refractivity contribution in [2.75, 3.05) is 14.2 Å². The minimum absolute atomic E-state index is 0.103. The van der Waals surface area contributed by atoms with Gasteiger partial charge in [0.1, 0.15) is 23.6 Å². The van der Waals surface area contributed by atoms with Gasteiger partial charge in [-0.05, 0) is 24.3 Å². The molecule has 2 aromatic rings. The van der Waals surface area contributed by atoms with Gasteiger partial charge in [0.25, 0.3) is 0 Å². The molecule has 2 saturated heterocycles. The second kappa shape index (κ2) is 6.45. The molecule has 2 heterocycles. The summed E-state index contributed by atoms with van der Waals surface area (Å²) < 4.78 is 5.13. The molecule has 2 aliphatic rings. The van der Waals surface area contributed by atoms with Crippen molar-refractivity contribution in [1.82, 2.24) is 4.90 Å². The highest BCUT2D eigenvalue weighted by molar-refractivity contribution is 6.08. The molecule has 2 amide bonds. The summed E-state index contributed by atoms with van der Waals surface area (Å²) in [6, 6.07) is 15.0. The van der Waals surface area contributed by atoms with E-state index < -0.39 is 29.4 Å². The number of quaternary nitrogens is 1. The zero-order valence-corrected chi connectivity index (χ0v) is 15.5. The molecule has 0 unspecified atom stereocenters. The highest BCUT2D eigenvalue weighted by atomic mass is 16.5. The number of esters is 1. The third-order valence-corrected chi connectivity index (χ3v) is 5.94. The van der Waals surface area contributed by atoms with Gasteiger partial charge >= 0.3 is 5.97 Å². The maximum absolute atomic E-state index is 13.1. The average molecular weight is 381 g/mol. The van der Waals surface area contributed by atoms with Crippen molar-refractivity contribution < 1.29 is 29.5 Å². The number of nitrogens with two attached hydrogens (primary N) is 1. The molecule has 0 aliphatic carbocycles. The van der Waals surface area contributed by atoms with Gasteiger partial charge in [-0.3, -0.25) is 14.5 Å². The van der Waals surface area contributed by atoms with E-state index in [0.29, 0.717) is 5.56 Å². The Hall–Kier alpha value is -3.19. The van der Waals surface area contributed by atoms with Crippen molar-refractivity contribution >= 4 is 17.8 Å². The molecule has 4 atom stereocenters. The van der Waals surface area contributed by atoms with E-state index >= 15 is 0 Å². The van der Waals surface area contributed by atoms with Crippen LogP contribution in [0.15, 0.2) is 54.6 Å². The fourth-order valence-corrected chi connectivity index (χ4v) is 4.64. The highest BCUT2D eigenvalue weighted by Crippen LogP contribution is 2.48. The lowest BCUT2D eigenvalue weighted by Gasteiger charge is -2.29. The number of hydrogen-bond donors (Lipinski definition) is 2. The van der Waals surface area contributed by atoms with Crippen LogP contribution in [0.1, 0.15) is 17.2 Å². The molecular weight excluding hydrogens is 360 g/mol. The Morgan fingerprint density at radius 1 is 1.07 bits per heavy atom. The van der Waals surface area contributed by atoms with E-state index in [1.807, 2.05) is 6.07 Å². The molecule has 144 valence electrons. The topological polar surface area (TPSA) is 101 Å². The normalized spacial score (nSPS) is 29.1. The minimum atomic E-state index is -1.36. The fourth-order valence-electron chi connectivity index (χ4n) is 4.64. The summed E-state index contributed by atoms with van der Waals surface area (Å²) in [6.07, 6.45) is 0. The van der Waals surface area contributed by atoms with Crippen molar-refractivity contribution in [1.29, 1.82) is 0 Å². The van der Waals surface area contributed by atoms with E-state index in [-0.39, 0.29) is 17.6 Å². The van der Waals surface area contributed by atoms with Crippen LogP contribution in [0.5, 0.6) is 5.75 Å². The van der Waals surface area contributed by atoms with Gasteiger partial charge in [-0.25, -0.2) is 4.79 Å². The lowest BCUT2D eigenvalue weighted by atomic mass is 9.75. The molecule has 0 bridgehead atoms. The third-order valence-electron chi connectivity index (χ3n) is 5.94. The molecule has 7 nitrogen and oxygen atoms in total. The second-order valence-electron chi connectivity index (χ2n) is 7.25. The predicted molar refractivity (Wildman–Crippen MR) is 97.7 cm³/mol. The Labute approximate surface area is 161 Å². The first-order valence-electron chi connectivity index (χ1n) is 9.02. The zero-order chi connectivity index (χ0) is 20.1. The van der Waals surface area contributed by atoms with Crippen molar-refractivity contribution in [3.63, 3.8) is 0 Å². The number of hydrogen-bond acceptors (Lipinski definition) is 5. The summed E-state index contributed by atoms with van der Waals surface area (Å²) in [5.74, 6) is -2.74. The van der Waals surface area contributed by atoms with E-state index in [0.717, 1.165) is 10.5 Å². The lowest BCUT2D eigenvalue weighted by Crippen LogP contribution is -2.96. The Bertz CT molecular complexity index is 943. The molecule has 0 spiro atoms. The molecule has 0 aromatic heterocycles. The van der Waals surface area contributed by atoms with Crippen molar-refractivity contribution in [3.8, 4) is 5.75 Å². The highest BCUT2D eigenvalue weighted by Gasteiger charge is 2.72. The third kappa shape index (κ3) is 2.36. The SMILES string of the molecule is COC(=O)[C@]1(c2ccccc2)[NH2+][C@@H](c2ccc(O)cc2)[C@H]2C(=O)N(C)C(=O)[C@@H]21. The first kappa shape index (κ1) is 18.2. The number of imide groups is 1. The van der Waals surface area contributed by atoms with Gasteiger partial charge < -0.3 is 15.2 Å². The summed E-state index contributed by atoms with van der Waals surface area (Å²) in [6.45, 7) is 0. The van der Waals surface area contributed by atoms with Crippen LogP contribution in [0.2, 0.25) is 0 Å². The van der Waals surface area contributed by atoms with Gasteiger partial charge in [0.15, 0.2) is 0 Å². The first-order chi connectivity index (χ1) is 13.4. The van der Waals surface area contributed by atoms with Crippen LogP contribution < -0.4 is 5.32 Å². The summed E-state index contributed by atoms with van der Waals surface area (Å²) in [4.78, 5) is 40.2. The fraction of sp³-hybridized carbons (Fsp3) is 0.286. The Kier molecular flexibility index (Phi) is 4.19. The van der Waals surface area contributed by atoms with Gasteiger partial charge in [-0.1, -0.05) is 30.3 Å². The number of carbonyl (C=O) groups excluding carboxylic acids is 3. The molecule has 3 N–H and O–H groups in total. The first-order valence-corrected chi connectivity index (χ1v) is 9.02. The molecule has 2 aromatic carbocycles. The Balaban J connectivity index is 1.94. The lowest BCUT2D eigenvalue weighted by molar-refractivity contribution is -0.742. The number of carbonyl (C=O) groups is 3. The van der Waals surface area contributed by atoms with E-state index in [2.05, 4.69) is 0 Å². The van der Waals surface area contributed by atoms with Crippen molar-refractivity contribution in [2.45, 2.75) is 11.6 Å². The van der Waals surface area contributed by atoms with E-state index in [1.54, 1.807) is 41.7 Å². The smallest absolute Gasteiger partial charge is 0.373 e. The number of rotatable bonds is 3. The molecule has 7 heteroatoms. The molecule has 2 fully saturated rings.